The molecule has 0 saturated carbocycles. The van der Waals surface area contributed by atoms with Gasteiger partial charge in [0, 0.05) is 17.7 Å². The van der Waals surface area contributed by atoms with Gasteiger partial charge in [-0.05, 0) is 43.4 Å². The Morgan fingerprint density at radius 2 is 1.86 bits per heavy atom. The lowest BCUT2D eigenvalue weighted by atomic mass is 10.0. The van der Waals surface area contributed by atoms with Crippen LogP contribution < -0.4 is 5.32 Å². The Bertz CT molecular complexity index is 1000. The summed E-state index contributed by atoms with van der Waals surface area (Å²) in [5, 5.41) is 2.85. The maximum absolute atomic E-state index is 13.0. The first-order valence-corrected chi connectivity index (χ1v) is 11.4. The quantitative estimate of drug-likeness (QED) is 0.731. The number of ether oxygens (including phenoxy) is 1. The van der Waals surface area contributed by atoms with Crippen LogP contribution in [0, 0.1) is 19.8 Å². The molecular weight excluding hydrogens is 390 g/mol. The van der Waals surface area contributed by atoms with Crippen LogP contribution in [0.25, 0.3) is 0 Å². The number of carbonyl (C=O) groups is 2. The molecule has 7 heteroatoms. The van der Waals surface area contributed by atoms with Crippen molar-refractivity contribution in [2.24, 2.45) is 5.92 Å². The molecule has 2 aromatic rings. The Labute approximate surface area is 171 Å². The van der Waals surface area contributed by atoms with Gasteiger partial charge in [-0.1, -0.05) is 42.5 Å². The Kier molecular flexibility index (Phi) is 6.37. The summed E-state index contributed by atoms with van der Waals surface area (Å²) in [5.74, 6) is -1.19. The van der Waals surface area contributed by atoms with Crippen LogP contribution in [0.3, 0.4) is 0 Å². The van der Waals surface area contributed by atoms with E-state index in [2.05, 4.69) is 5.32 Å². The summed E-state index contributed by atoms with van der Waals surface area (Å²) in [5.41, 5.74) is 3.12. The number of amides is 1. The van der Waals surface area contributed by atoms with Crippen LogP contribution in [0.15, 0.2) is 48.5 Å². The number of benzene rings is 2. The number of carbonyl (C=O) groups excluding carboxylic acids is 2. The van der Waals surface area contributed by atoms with Gasteiger partial charge in [0.1, 0.15) is 0 Å². The van der Waals surface area contributed by atoms with Crippen LogP contribution in [0.2, 0.25) is 0 Å². The minimum Gasteiger partial charge on any atom is -0.447 e. The van der Waals surface area contributed by atoms with Gasteiger partial charge in [-0.15, -0.1) is 0 Å². The molecule has 0 unspecified atom stereocenters. The fourth-order valence-electron chi connectivity index (χ4n) is 3.42. The molecular formula is C22H25NO5S. The summed E-state index contributed by atoms with van der Waals surface area (Å²) >= 11 is 0. The molecule has 1 heterocycles. The third-order valence-electron chi connectivity index (χ3n) is 5.02. The fraction of sp³-hybridized carbons (Fsp3) is 0.364. The van der Waals surface area contributed by atoms with E-state index in [9.17, 15) is 18.0 Å². The third-order valence-corrected chi connectivity index (χ3v) is 6.86. The SMILES string of the molecule is Cc1ccc(C)c(NC(=O)[C@@H](OC(=O)C[C@@H]2CCS(=O)(=O)C2)c2ccccc2)c1. The topological polar surface area (TPSA) is 89.5 Å². The van der Waals surface area contributed by atoms with Gasteiger partial charge in [-0.2, -0.15) is 0 Å². The van der Waals surface area contributed by atoms with E-state index in [-0.39, 0.29) is 23.8 Å². The number of sulfone groups is 1. The standard InChI is InChI=1S/C22H25NO5S/c1-15-8-9-16(2)19(12-15)23-22(25)21(18-6-4-3-5-7-18)28-20(24)13-17-10-11-29(26,27)14-17/h3-9,12,17,21H,10-11,13-14H2,1-2H3,(H,23,25)/t17-,21-/m0/s1. The van der Waals surface area contributed by atoms with Gasteiger partial charge in [-0.25, -0.2) is 8.42 Å². The van der Waals surface area contributed by atoms with Crippen LogP contribution in [-0.4, -0.2) is 31.8 Å². The molecule has 0 spiro atoms. The Morgan fingerprint density at radius 3 is 2.52 bits per heavy atom. The molecule has 29 heavy (non-hydrogen) atoms. The molecule has 154 valence electrons. The molecule has 3 rings (SSSR count). The number of hydrogen-bond acceptors (Lipinski definition) is 5. The zero-order valence-electron chi connectivity index (χ0n) is 16.6. The first-order valence-electron chi connectivity index (χ1n) is 9.56. The highest BCUT2D eigenvalue weighted by atomic mass is 32.2. The van der Waals surface area contributed by atoms with E-state index >= 15 is 0 Å². The Morgan fingerprint density at radius 1 is 1.14 bits per heavy atom. The normalized spacial score (nSPS) is 18.8. The van der Waals surface area contributed by atoms with Crippen LogP contribution in [0.4, 0.5) is 5.69 Å². The molecule has 1 N–H and O–H groups in total. The van der Waals surface area contributed by atoms with Gasteiger partial charge in [-0.3, -0.25) is 9.59 Å². The first kappa shape index (κ1) is 21.0. The van der Waals surface area contributed by atoms with E-state index in [4.69, 9.17) is 4.74 Å². The van der Waals surface area contributed by atoms with Crippen molar-refractivity contribution < 1.29 is 22.7 Å². The molecule has 1 fully saturated rings. The molecule has 6 nitrogen and oxygen atoms in total. The maximum atomic E-state index is 13.0. The zero-order chi connectivity index (χ0) is 21.0. The van der Waals surface area contributed by atoms with Crippen molar-refractivity contribution in [1.82, 2.24) is 0 Å². The smallest absolute Gasteiger partial charge is 0.307 e. The van der Waals surface area contributed by atoms with Crippen molar-refractivity contribution in [2.75, 3.05) is 16.8 Å². The van der Waals surface area contributed by atoms with Crippen molar-refractivity contribution >= 4 is 27.4 Å². The van der Waals surface area contributed by atoms with Gasteiger partial charge >= 0.3 is 5.97 Å². The zero-order valence-corrected chi connectivity index (χ0v) is 17.4. The van der Waals surface area contributed by atoms with Crippen molar-refractivity contribution in [2.45, 2.75) is 32.8 Å². The number of nitrogens with one attached hydrogen (secondary N) is 1. The molecule has 2 aromatic carbocycles. The van der Waals surface area contributed by atoms with Gasteiger partial charge < -0.3 is 10.1 Å². The summed E-state index contributed by atoms with van der Waals surface area (Å²) in [6.45, 7) is 3.82. The molecule has 0 aromatic heterocycles. The average molecular weight is 416 g/mol. The third kappa shape index (κ3) is 5.67. The Balaban J connectivity index is 1.75. The van der Waals surface area contributed by atoms with E-state index in [1.807, 2.05) is 38.1 Å². The monoisotopic (exact) mass is 415 g/mol. The minimum atomic E-state index is -3.07. The summed E-state index contributed by atoms with van der Waals surface area (Å²) in [6, 6.07) is 14.5. The molecule has 0 aliphatic carbocycles. The number of esters is 1. The van der Waals surface area contributed by atoms with Gasteiger partial charge in [0.05, 0.1) is 11.5 Å². The van der Waals surface area contributed by atoms with Crippen molar-refractivity contribution in [1.29, 1.82) is 0 Å². The Hall–Kier alpha value is -2.67. The summed E-state index contributed by atoms with van der Waals surface area (Å²) in [6.07, 6.45) is -0.678. The summed E-state index contributed by atoms with van der Waals surface area (Å²) in [7, 11) is -3.07. The second-order valence-corrected chi connectivity index (χ2v) is 9.79. The van der Waals surface area contributed by atoms with E-state index in [0.717, 1.165) is 11.1 Å². The lowest BCUT2D eigenvalue weighted by Crippen LogP contribution is -2.27. The number of rotatable bonds is 6. The molecule has 1 amide bonds. The predicted molar refractivity (Wildman–Crippen MR) is 111 cm³/mol. The fourth-order valence-corrected chi connectivity index (χ4v) is 5.28. The first-order chi connectivity index (χ1) is 13.7. The molecule has 1 aliphatic heterocycles. The number of anilines is 1. The molecule has 1 saturated heterocycles. The van der Waals surface area contributed by atoms with Crippen LogP contribution in [0.5, 0.6) is 0 Å². The maximum Gasteiger partial charge on any atom is 0.307 e. The second-order valence-electron chi connectivity index (χ2n) is 7.56. The minimum absolute atomic E-state index is 0.00716. The van der Waals surface area contributed by atoms with Crippen molar-refractivity contribution in [3.63, 3.8) is 0 Å². The summed E-state index contributed by atoms with van der Waals surface area (Å²) < 4.78 is 28.8. The lowest BCUT2D eigenvalue weighted by molar-refractivity contribution is -0.155. The molecule has 0 bridgehead atoms. The highest BCUT2D eigenvalue weighted by molar-refractivity contribution is 7.91. The van der Waals surface area contributed by atoms with Crippen LogP contribution in [-0.2, 0) is 24.2 Å². The van der Waals surface area contributed by atoms with E-state index < -0.39 is 27.8 Å². The molecule has 0 radical (unpaired) electrons. The summed E-state index contributed by atoms with van der Waals surface area (Å²) in [4.78, 5) is 25.4. The van der Waals surface area contributed by atoms with Crippen molar-refractivity contribution in [3.8, 4) is 0 Å². The van der Waals surface area contributed by atoms with Crippen molar-refractivity contribution in [3.05, 3.63) is 65.2 Å². The van der Waals surface area contributed by atoms with Gasteiger partial charge in [0.25, 0.3) is 5.91 Å². The second kappa shape index (κ2) is 8.78. The molecule has 1 aliphatic rings. The van der Waals surface area contributed by atoms with E-state index in [0.29, 0.717) is 17.7 Å². The lowest BCUT2D eigenvalue weighted by Gasteiger charge is -2.20. The van der Waals surface area contributed by atoms with E-state index in [1.54, 1.807) is 24.3 Å². The number of hydrogen-bond donors (Lipinski definition) is 1. The highest BCUT2D eigenvalue weighted by Gasteiger charge is 2.32. The average Bonchev–Trinajstić information content (AvgIpc) is 3.01. The highest BCUT2D eigenvalue weighted by Crippen LogP contribution is 2.26. The predicted octanol–water partition coefficient (Wildman–Crippen LogP) is 3.35. The number of aryl methyl sites for hydroxylation is 2. The van der Waals surface area contributed by atoms with Crippen LogP contribution >= 0.6 is 0 Å². The largest absolute Gasteiger partial charge is 0.447 e. The molecule has 2 atom stereocenters. The van der Waals surface area contributed by atoms with Crippen LogP contribution in [0.1, 0.15) is 35.6 Å². The van der Waals surface area contributed by atoms with Gasteiger partial charge in [0.15, 0.2) is 9.84 Å². The van der Waals surface area contributed by atoms with E-state index in [1.165, 1.54) is 0 Å². The van der Waals surface area contributed by atoms with Gasteiger partial charge in [0.2, 0.25) is 6.10 Å².